The van der Waals surface area contributed by atoms with Crippen molar-refractivity contribution in [3.8, 4) is 5.88 Å². The zero-order chi connectivity index (χ0) is 9.68. The van der Waals surface area contributed by atoms with Crippen molar-refractivity contribution in [2.75, 3.05) is 7.11 Å². The van der Waals surface area contributed by atoms with Crippen molar-refractivity contribution in [3.05, 3.63) is 36.5 Å². The van der Waals surface area contributed by atoms with Crippen LogP contribution < -0.4 is 4.74 Å². The largest absolute Gasteiger partial charge is 0.480 e. The number of carbonyl (C=O) groups excluding carboxylic acids is 1. The lowest BCUT2D eigenvalue weighted by Gasteiger charge is -2.03. The molecule has 0 amide bonds. The maximum Gasteiger partial charge on any atom is 0.224 e. The average molecular weight is 177 g/mol. The molecular weight excluding hydrogens is 166 g/mol. The Balaban J connectivity index is 2.98. The minimum Gasteiger partial charge on any atom is -0.480 e. The molecule has 0 saturated heterocycles. The van der Waals surface area contributed by atoms with Crippen LogP contribution in [0.4, 0.5) is 0 Å². The van der Waals surface area contributed by atoms with Gasteiger partial charge < -0.3 is 4.74 Å². The number of ether oxygens (including phenoxy) is 1. The lowest BCUT2D eigenvalue weighted by atomic mass is 10.1. The molecule has 0 fully saturated rings. The van der Waals surface area contributed by atoms with Crippen LogP contribution in [0.3, 0.4) is 0 Å². The smallest absolute Gasteiger partial charge is 0.224 e. The molecular formula is C10H11NO2. The molecule has 0 aliphatic heterocycles. The van der Waals surface area contributed by atoms with E-state index in [1.54, 1.807) is 24.4 Å². The Morgan fingerprint density at radius 1 is 1.77 bits per heavy atom. The Hall–Kier alpha value is -1.64. The Morgan fingerprint density at radius 3 is 3.15 bits per heavy atom. The molecule has 1 heterocycles. The van der Waals surface area contributed by atoms with Gasteiger partial charge in [-0.05, 0) is 12.1 Å². The number of pyridine rings is 1. The first-order chi connectivity index (χ1) is 6.29. The highest BCUT2D eigenvalue weighted by molar-refractivity contribution is 5.98. The Bertz CT molecular complexity index is 320. The second-order valence-corrected chi connectivity index (χ2v) is 2.48. The molecule has 1 aromatic heterocycles. The van der Waals surface area contributed by atoms with Crippen LogP contribution in [0.15, 0.2) is 31.0 Å². The lowest BCUT2D eigenvalue weighted by molar-refractivity contribution is 0.0992. The molecule has 0 aliphatic rings. The second kappa shape index (κ2) is 4.40. The molecule has 0 N–H and O–H groups in total. The second-order valence-electron chi connectivity index (χ2n) is 2.48. The van der Waals surface area contributed by atoms with Gasteiger partial charge in [0.25, 0.3) is 0 Å². The van der Waals surface area contributed by atoms with Gasteiger partial charge in [-0.3, -0.25) is 4.79 Å². The van der Waals surface area contributed by atoms with Gasteiger partial charge in [0.15, 0.2) is 5.78 Å². The summed E-state index contributed by atoms with van der Waals surface area (Å²) in [6.07, 6.45) is 3.46. The molecule has 1 aromatic rings. The summed E-state index contributed by atoms with van der Waals surface area (Å²) in [7, 11) is 1.49. The van der Waals surface area contributed by atoms with Crippen molar-refractivity contribution in [2.45, 2.75) is 6.42 Å². The third kappa shape index (κ3) is 2.15. The summed E-state index contributed by atoms with van der Waals surface area (Å²) >= 11 is 0. The van der Waals surface area contributed by atoms with E-state index in [2.05, 4.69) is 11.6 Å². The van der Waals surface area contributed by atoms with Gasteiger partial charge in [0, 0.05) is 12.6 Å². The van der Waals surface area contributed by atoms with E-state index in [0.29, 0.717) is 17.9 Å². The average Bonchev–Trinajstić information content (AvgIpc) is 2.18. The van der Waals surface area contributed by atoms with Crippen molar-refractivity contribution in [1.29, 1.82) is 0 Å². The fourth-order valence-corrected chi connectivity index (χ4v) is 1.01. The minimum atomic E-state index is -0.0278. The first-order valence-corrected chi connectivity index (χ1v) is 3.92. The van der Waals surface area contributed by atoms with E-state index < -0.39 is 0 Å². The number of ketones is 1. The molecule has 0 atom stereocenters. The number of hydrogen-bond donors (Lipinski definition) is 0. The molecule has 68 valence electrons. The Kier molecular flexibility index (Phi) is 3.20. The monoisotopic (exact) mass is 177 g/mol. The summed E-state index contributed by atoms with van der Waals surface area (Å²) in [4.78, 5) is 15.4. The highest BCUT2D eigenvalue weighted by Crippen LogP contribution is 2.15. The Labute approximate surface area is 77.1 Å². The van der Waals surface area contributed by atoms with Crippen molar-refractivity contribution in [3.63, 3.8) is 0 Å². The predicted octanol–water partition coefficient (Wildman–Crippen LogP) is 1.85. The molecule has 1 rings (SSSR count). The standard InChI is InChI=1S/C10H11NO2/c1-3-5-9(12)8-6-4-7-11-10(8)13-2/h3-4,6-7H,1,5H2,2H3. The summed E-state index contributed by atoms with van der Waals surface area (Å²) in [5.74, 6) is 0.342. The van der Waals surface area contributed by atoms with E-state index in [1.807, 2.05) is 0 Å². The van der Waals surface area contributed by atoms with Gasteiger partial charge in [-0.25, -0.2) is 4.98 Å². The maximum atomic E-state index is 11.4. The Morgan fingerprint density at radius 2 is 2.54 bits per heavy atom. The maximum absolute atomic E-state index is 11.4. The van der Waals surface area contributed by atoms with Crippen LogP contribution in [0, 0.1) is 0 Å². The zero-order valence-corrected chi connectivity index (χ0v) is 7.49. The van der Waals surface area contributed by atoms with Crippen molar-refractivity contribution in [1.82, 2.24) is 4.98 Å². The van der Waals surface area contributed by atoms with Crippen LogP contribution in [-0.2, 0) is 0 Å². The van der Waals surface area contributed by atoms with Gasteiger partial charge in [-0.15, -0.1) is 6.58 Å². The van der Waals surface area contributed by atoms with Gasteiger partial charge in [-0.1, -0.05) is 6.08 Å². The van der Waals surface area contributed by atoms with Gasteiger partial charge in [-0.2, -0.15) is 0 Å². The first kappa shape index (κ1) is 9.45. The van der Waals surface area contributed by atoms with Crippen LogP contribution >= 0.6 is 0 Å². The van der Waals surface area contributed by atoms with E-state index >= 15 is 0 Å². The van der Waals surface area contributed by atoms with E-state index in [1.165, 1.54) is 7.11 Å². The lowest BCUT2D eigenvalue weighted by Crippen LogP contribution is -2.01. The number of carbonyl (C=O) groups is 1. The third-order valence-corrected chi connectivity index (χ3v) is 1.59. The first-order valence-electron chi connectivity index (χ1n) is 3.92. The number of methoxy groups -OCH3 is 1. The van der Waals surface area contributed by atoms with Crippen LogP contribution in [0.25, 0.3) is 0 Å². The fourth-order valence-electron chi connectivity index (χ4n) is 1.01. The normalized spacial score (nSPS) is 9.31. The van der Waals surface area contributed by atoms with Gasteiger partial charge >= 0.3 is 0 Å². The summed E-state index contributed by atoms with van der Waals surface area (Å²) < 4.78 is 4.95. The van der Waals surface area contributed by atoms with Crippen LogP contribution in [0.2, 0.25) is 0 Å². The summed E-state index contributed by atoms with van der Waals surface area (Å²) in [6, 6.07) is 3.40. The number of nitrogens with zero attached hydrogens (tertiary/aromatic N) is 1. The molecule has 0 spiro atoms. The fraction of sp³-hybridized carbons (Fsp3) is 0.200. The van der Waals surface area contributed by atoms with E-state index in [-0.39, 0.29) is 5.78 Å². The molecule has 13 heavy (non-hydrogen) atoms. The highest BCUT2D eigenvalue weighted by Gasteiger charge is 2.10. The molecule has 0 bridgehead atoms. The molecule has 3 nitrogen and oxygen atoms in total. The summed E-state index contributed by atoms with van der Waals surface area (Å²) in [5, 5.41) is 0. The van der Waals surface area contributed by atoms with Gasteiger partial charge in [0.2, 0.25) is 5.88 Å². The molecule has 0 radical (unpaired) electrons. The van der Waals surface area contributed by atoms with Crippen LogP contribution in [0.1, 0.15) is 16.8 Å². The van der Waals surface area contributed by atoms with E-state index in [9.17, 15) is 4.79 Å². The number of allylic oxidation sites excluding steroid dienone is 1. The highest BCUT2D eigenvalue weighted by atomic mass is 16.5. The SMILES string of the molecule is C=CCC(=O)c1cccnc1OC. The van der Waals surface area contributed by atoms with Crippen LogP contribution in [-0.4, -0.2) is 17.9 Å². The summed E-state index contributed by atoms with van der Waals surface area (Å²) in [6.45, 7) is 3.50. The number of Topliss-reactive ketones (excluding diaryl/α,β-unsaturated/α-hetero) is 1. The minimum absolute atomic E-state index is 0.0278. The predicted molar refractivity (Wildman–Crippen MR) is 49.9 cm³/mol. The molecule has 3 heteroatoms. The summed E-state index contributed by atoms with van der Waals surface area (Å²) in [5.41, 5.74) is 0.505. The topological polar surface area (TPSA) is 39.2 Å². The van der Waals surface area contributed by atoms with E-state index in [4.69, 9.17) is 4.74 Å². The van der Waals surface area contributed by atoms with Crippen molar-refractivity contribution in [2.24, 2.45) is 0 Å². The van der Waals surface area contributed by atoms with E-state index in [0.717, 1.165) is 0 Å². The third-order valence-electron chi connectivity index (χ3n) is 1.59. The number of aromatic nitrogens is 1. The van der Waals surface area contributed by atoms with Crippen molar-refractivity contribution < 1.29 is 9.53 Å². The van der Waals surface area contributed by atoms with Crippen LogP contribution in [0.5, 0.6) is 5.88 Å². The molecule has 0 aromatic carbocycles. The number of rotatable bonds is 4. The van der Waals surface area contributed by atoms with Gasteiger partial charge in [0.05, 0.1) is 12.7 Å². The molecule has 0 aliphatic carbocycles. The zero-order valence-electron chi connectivity index (χ0n) is 7.49. The van der Waals surface area contributed by atoms with Gasteiger partial charge in [0.1, 0.15) is 0 Å². The quantitative estimate of drug-likeness (QED) is 0.520. The van der Waals surface area contributed by atoms with Crippen molar-refractivity contribution >= 4 is 5.78 Å². The molecule has 0 unspecified atom stereocenters. The number of hydrogen-bond acceptors (Lipinski definition) is 3. The molecule has 0 saturated carbocycles.